The minimum Gasteiger partial charge on any atom is -0.444 e. The molecule has 2 heterocycles. The summed E-state index contributed by atoms with van der Waals surface area (Å²) >= 11 is 0. The van der Waals surface area contributed by atoms with E-state index < -0.39 is 11.7 Å². The summed E-state index contributed by atoms with van der Waals surface area (Å²) in [6.07, 6.45) is 1.22. The van der Waals surface area contributed by atoms with Gasteiger partial charge in [0.2, 0.25) is 0 Å². The molecule has 0 aromatic carbocycles. The highest BCUT2D eigenvalue weighted by Crippen LogP contribution is 2.32. The zero-order valence-electron chi connectivity index (χ0n) is 11.6. The van der Waals surface area contributed by atoms with Crippen LogP contribution in [-0.2, 0) is 4.74 Å². The van der Waals surface area contributed by atoms with Crippen LogP contribution < -0.4 is 5.32 Å². The summed E-state index contributed by atoms with van der Waals surface area (Å²) in [4.78, 5) is 14.1. The van der Waals surface area contributed by atoms with Gasteiger partial charge in [-0.2, -0.15) is 0 Å². The van der Waals surface area contributed by atoms with Crippen LogP contribution in [0.15, 0.2) is 0 Å². The zero-order chi connectivity index (χ0) is 13.5. The Morgan fingerprint density at radius 1 is 1.44 bits per heavy atom. The van der Waals surface area contributed by atoms with E-state index in [0.717, 1.165) is 19.4 Å². The number of ether oxygens (including phenoxy) is 1. The van der Waals surface area contributed by atoms with Crippen LogP contribution in [-0.4, -0.2) is 52.5 Å². The van der Waals surface area contributed by atoms with E-state index in [-0.39, 0.29) is 24.2 Å². The Morgan fingerprint density at radius 2 is 2.11 bits per heavy atom. The lowest BCUT2D eigenvalue weighted by atomic mass is 10.0. The number of fused-ring (bicyclic) bond motifs is 2. The highest BCUT2D eigenvalue weighted by Gasteiger charge is 2.47. The van der Waals surface area contributed by atoms with Gasteiger partial charge in [0.05, 0.1) is 18.2 Å². The Kier molecular flexibility index (Phi) is 3.56. The summed E-state index contributed by atoms with van der Waals surface area (Å²) in [7, 11) is 0. The summed E-state index contributed by atoms with van der Waals surface area (Å²) in [6.45, 7) is 8.14. The van der Waals surface area contributed by atoms with E-state index in [9.17, 15) is 9.90 Å². The van der Waals surface area contributed by atoms with Gasteiger partial charge in [-0.1, -0.05) is 0 Å². The molecule has 104 valence electrons. The van der Waals surface area contributed by atoms with Crippen LogP contribution in [0.5, 0.6) is 0 Å². The molecule has 0 unspecified atom stereocenters. The molecule has 2 rings (SSSR count). The summed E-state index contributed by atoms with van der Waals surface area (Å²) in [5, 5.41) is 13.1. The quantitative estimate of drug-likeness (QED) is 0.737. The summed E-state index contributed by atoms with van der Waals surface area (Å²) in [6, 6.07) is 0.217. The number of hydrogen-bond acceptors (Lipinski definition) is 4. The second kappa shape index (κ2) is 4.70. The minimum absolute atomic E-state index is 0.0451. The van der Waals surface area contributed by atoms with Crippen LogP contribution >= 0.6 is 0 Å². The van der Waals surface area contributed by atoms with Crippen molar-refractivity contribution in [3.63, 3.8) is 0 Å². The van der Waals surface area contributed by atoms with Gasteiger partial charge in [-0.25, -0.2) is 4.79 Å². The molecule has 2 fully saturated rings. The van der Waals surface area contributed by atoms with Crippen molar-refractivity contribution in [3.8, 4) is 0 Å². The standard InChI is InChI=1S/C13H24N2O3/c1-8(16)11-10-6-5-9(7-14-11)15(10)12(17)18-13(2,3)4/h8-11,14,16H,5-7H2,1-4H3/t8-,9+,10-,11+/m0/s1. The van der Waals surface area contributed by atoms with Crippen LogP contribution in [0, 0.1) is 0 Å². The van der Waals surface area contributed by atoms with E-state index in [1.54, 1.807) is 6.92 Å². The minimum atomic E-state index is -0.471. The molecule has 0 saturated carbocycles. The largest absolute Gasteiger partial charge is 0.444 e. The van der Waals surface area contributed by atoms with Gasteiger partial charge in [0, 0.05) is 12.6 Å². The SMILES string of the molecule is C[C@H](O)[C@H]1NC[C@H]2CC[C@@H]1N2C(=O)OC(C)(C)C. The third-order valence-electron chi connectivity index (χ3n) is 3.67. The number of aliphatic hydroxyl groups is 1. The van der Waals surface area contributed by atoms with Crippen molar-refractivity contribution in [1.82, 2.24) is 10.2 Å². The highest BCUT2D eigenvalue weighted by atomic mass is 16.6. The predicted molar refractivity (Wildman–Crippen MR) is 68.4 cm³/mol. The zero-order valence-corrected chi connectivity index (χ0v) is 11.6. The molecule has 5 heteroatoms. The maximum absolute atomic E-state index is 12.2. The fourth-order valence-electron chi connectivity index (χ4n) is 2.96. The second-order valence-corrected chi connectivity index (χ2v) is 6.36. The van der Waals surface area contributed by atoms with Crippen LogP contribution in [0.1, 0.15) is 40.5 Å². The molecular formula is C13H24N2O3. The molecule has 0 radical (unpaired) electrons. The first kappa shape index (κ1) is 13.6. The third kappa shape index (κ3) is 2.62. The lowest BCUT2D eigenvalue weighted by Crippen LogP contribution is -2.63. The fraction of sp³-hybridized carbons (Fsp3) is 0.923. The number of amides is 1. The molecule has 4 atom stereocenters. The number of rotatable bonds is 1. The van der Waals surface area contributed by atoms with Crippen molar-refractivity contribution < 1.29 is 14.6 Å². The Hall–Kier alpha value is -0.810. The molecule has 5 nitrogen and oxygen atoms in total. The van der Waals surface area contributed by atoms with E-state index in [4.69, 9.17) is 4.74 Å². The van der Waals surface area contributed by atoms with Gasteiger partial charge < -0.3 is 15.2 Å². The van der Waals surface area contributed by atoms with Crippen LogP contribution in [0.4, 0.5) is 4.79 Å². The molecule has 0 aromatic rings. The molecule has 2 aliphatic heterocycles. The van der Waals surface area contributed by atoms with Crippen molar-refractivity contribution >= 4 is 6.09 Å². The van der Waals surface area contributed by atoms with Gasteiger partial charge in [-0.3, -0.25) is 4.90 Å². The first-order chi connectivity index (χ1) is 8.29. The van der Waals surface area contributed by atoms with Crippen LogP contribution in [0.25, 0.3) is 0 Å². The van der Waals surface area contributed by atoms with Crippen LogP contribution in [0.3, 0.4) is 0 Å². The first-order valence-electron chi connectivity index (χ1n) is 6.72. The average molecular weight is 256 g/mol. The molecule has 18 heavy (non-hydrogen) atoms. The second-order valence-electron chi connectivity index (χ2n) is 6.36. The van der Waals surface area contributed by atoms with E-state index in [1.807, 2.05) is 25.7 Å². The lowest BCUT2D eigenvalue weighted by Gasteiger charge is -2.42. The molecule has 0 aromatic heterocycles. The van der Waals surface area contributed by atoms with Gasteiger partial charge in [0.1, 0.15) is 5.60 Å². The number of nitrogens with one attached hydrogen (secondary N) is 1. The number of aliphatic hydroxyl groups excluding tert-OH is 1. The fourth-order valence-corrected chi connectivity index (χ4v) is 2.96. The van der Waals surface area contributed by atoms with E-state index in [1.165, 1.54) is 0 Å². The Bertz CT molecular complexity index is 325. The number of nitrogens with zero attached hydrogens (tertiary/aromatic N) is 1. The summed E-state index contributed by atoms with van der Waals surface area (Å²) in [5.41, 5.74) is -0.471. The summed E-state index contributed by atoms with van der Waals surface area (Å²) < 4.78 is 5.46. The smallest absolute Gasteiger partial charge is 0.410 e. The molecule has 2 bridgehead atoms. The van der Waals surface area contributed by atoms with Crippen molar-refractivity contribution in [2.24, 2.45) is 0 Å². The van der Waals surface area contributed by atoms with Crippen molar-refractivity contribution in [3.05, 3.63) is 0 Å². The molecule has 0 aliphatic carbocycles. The van der Waals surface area contributed by atoms with Crippen molar-refractivity contribution in [2.75, 3.05) is 6.54 Å². The maximum Gasteiger partial charge on any atom is 0.410 e. The average Bonchev–Trinajstić information content (AvgIpc) is 2.49. The summed E-state index contributed by atoms with van der Waals surface area (Å²) in [5.74, 6) is 0. The number of carbonyl (C=O) groups is 1. The molecule has 2 N–H and O–H groups in total. The van der Waals surface area contributed by atoms with Crippen LogP contribution in [0.2, 0.25) is 0 Å². The first-order valence-corrected chi connectivity index (χ1v) is 6.72. The molecule has 0 spiro atoms. The molecule has 1 amide bonds. The Balaban J connectivity index is 2.10. The Morgan fingerprint density at radius 3 is 2.67 bits per heavy atom. The highest BCUT2D eigenvalue weighted by molar-refractivity contribution is 5.70. The van der Waals surface area contributed by atoms with Gasteiger partial charge in [0.25, 0.3) is 0 Å². The van der Waals surface area contributed by atoms with E-state index >= 15 is 0 Å². The van der Waals surface area contributed by atoms with Crippen molar-refractivity contribution in [1.29, 1.82) is 0 Å². The third-order valence-corrected chi connectivity index (χ3v) is 3.67. The molecule has 2 saturated heterocycles. The lowest BCUT2D eigenvalue weighted by molar-refractivity contribution is -0.00704. The van der Waals surface area contributed by atoms with E-state index in [2.05, 4.69) is 5.32 Å². The van der Waals surface area contributed by atoms with Gasteiger partial charge in [-0.15, -0.1) is 0 Å². The number of piperazine rings is 1. The molecular weight excluding hydrogens is 232 g/mol. The number of carbonyl (C=O) groups excluding carboxylic acids is 1. The van der Waals surface area contributed by atoms with Gasteiger partial charge in [0.15, 0.2) is 0 Å². The normalized spacial score (nSPS) is 33.4. The van der Waals surface area contributed by atoms with E-state index in [0.29, 0.717) is 0 Å². The maximum atomic E-state index is 12.2. The van der Waals surface area contributed by atoms with Crippen molar-refractivity contribution in [2.45, 2.75) is 70.4 Å². The Labute approximate surface area is 108 Å². The predicted octanol–water partition coefficient (Wildman–Crippen LogP) is 1.11. The van der Waals surface area contributed by atoms with Gasteiger partial charge >= 0.3 is 6.09 Å². The number of hydrogen-bond donors (Lipinski definition) is 2. The van der Waals surface area contributed by atoms with Gasteiger partial charge in [-0.05, 0) is 40.5 Å². The monoisotopic (exact) mass is 256 g/mol. The topological polar surface area (TPSA) is 61.8 Å². The molecule has 2 aliphatic rings.